The minimum atomic E-state index is -0.972. The Hall–Kier alpha value is -2.75. The van der Waals surface area contributed by atoms with E-state index in [1.54, 1.807) is 0 Å². The molecule has 2 saturated heterocycles. The number of Topliss-reactive ketones (excluding diaryl/α,β-unsaturated/α-hetero) is 1. The maximum Gasteiger partial charge on any atom is 0.289 e. The highest BCUT2D eigenvalue weighted by atomic mass is 16.5. The van der Waals surface area contributed by atoms with Gasteiger partial charge in [0.25, 0.3) is 5.91 Å². The molecule has 0 saturated carbocycles. The van der Waals surface area contributed by atoms with Crippen molar-refractivity contribution < 1.29 is 28.7 Å². The van der Waals surface area contributed by atoms with Crippen LogP contribution in [-0.4, -0.2) is 78.2 Å². The largest absolute Gasteiger partial charge is 0.368 e. The summed E-state index contributed by atoms with van der Waals surface area (Å²) in [5.41, 5.74) is 0. The van der Waals surface area contributed by atoms with E-state index in [1.165, 1.54) is 11.0 Å². The lowest BCUT2D eigenvalue weighted by Gasteiger charge is -2.31. The van der Waals surface area contributed by atoms with Gasteiger partial charge in [-0.1, -0.05) is 33.3 Å². The minimum absolute atomic E-state index is 0.149. The zero-order chi connectivity index (χ0) is 25.3. The van der Waals surface area contributed by atoms with Crippen LogP contribution in [0.3, 0.4) is 0 Å². The number of hydrogen-bond donors (Lipinski definition) is 3. The third-order valence-electron chi connectivity index (χ3n) is 6.13. The van der Waals surface area contributed by atoms with Gasteiger partial charge in [0.15, 0.2) is 0 Å². The molecule has 3 N–H and O–H groups in total. The Morgan fingerprint density at radius 3 is 2.41 bits per heavy atom. The first kappa shape index (κ1) is 27.5. The number of hydrogen-bond acceptors (Lipinski definition) is 6. The molecule has 10 heteroatoms. The van der Waals surface area contributed by atoms with Crippen LogP contribution in [0.2, 0.25) is 0 Å². The highest BCUT2D eigenvalue weighted by molar-refractivity contribution is 6.38. The first-order valence-electron chi connectivity index (χ1n) is 12.2. The van der Waals surface area contributed by atoms with Crippen molar-refractivity contribution in [1.29, 1.82) is 0 Å². The molecule has 2 heterocycles. The monoisotopic (exact) mass is 478 g/mol. The van der Waals surface area contributed by atoms with Crippen molar-refractivity contribution in [2.24, 2.45) is 5.92 Å². The molecular formula is C24H38N4O6. The molecule has 0 aromatic heterocycles. The quantitative estimate of drug-likeness (QED) is 0.276. The summed E-state index contributed by atoms with van der Waals surface area (Å²) in [6.45, 7) is 10.1. The van der Waals surface area contributed by atoms with E-state index in [2.05, 4.69) is 22.5 Å². The summed E-state index contributed by atoms with van der Waals surface area (Å²) >= 11 is 0. The van der Waals surface area contributed by atoms with Crippen molar-refractivity contribution in [2.45, 2.75) is 83.5 Å². The molecule has 2 aliphatic rings. The van der Waals surface area contributed by atoms with Crippen molar-refractivity contribution in [3.63, 3.8) is 0 Å². The fraction of sp³-hybridized carbons (Fsp3) is 0.708. The van der Waals surface area contributed by atoms with Crippen LogP contribution in [0.1, 0.15) is 59.3 Å². The van der Waals surface area contributed by atoms with Crippen LogP contribution < -0.4 is 16.0 Å². The van der Waals surface area contributed by atoms with Gasteiger partial charge in [0.1, 0.15) is 18.2 Å². The number of nitrogens with zero attached hydrogens (tertiary/aromatic N) is 1. The van der Waals surface area contributed by atoms with Crippen LogP contribution >= 0.6 is 0 Å². The number of ether oxygens (including phenoxy) is 1. The molecule has 34 heavy (non-hydrogen) atoms. The second kappa shape index (κ2) is 13.2. The van der Waals surface area contributed by atoms with Gasteiger partial charge in [0.05, 0.1) is 6.04 Å². The Morgan fingerprint density at radius 1 is 1.09 bits per heavy atom. The highest BCUT2D eigenvalue weighted by Gasteiger charge is 2.40. The van der Waals surface area contributed by atoms with E-state index in [4.69, 9.17) is 4.74 Å². The number of carbonyl (C=O) groups is 5. The van der Waals surface area contributed by atoms with E-state index in [0.29, 0.717) is 45.3 Å². The van der Waals surface area contributed by atoms with Crippen LogP contribution in [0.15, 0.2) is 12.7 Å². The van der Waals surface area contributed by atoms with Crippen LogP contribution in [0.25, 0.3) is 0 Å². The first-order valence-corrected chi connectivity index (χ1v) is 12.2. The fourth-order valence-corrected chi connectivity index (χ4v) is 4.26. The highest BCUT2D eigenvalue weighted by Crippen LogP contribution is 2.21. The van der Waals surface area contributed by atoms with Crippen LogP contribution in [0, 0.1) is 5.92 Å². The van der Waals surface area contributed by atoms with E-state index < -0.39 is 41.8 Å². The number of ketones is 1. The Labute approximate surface area is 201 Å². The van der Waals surface area contributed by atoms with Gasteiger partial charge in [-0.05, 0) is 38.0 Å². The van der Waals surface area contributed by atoms with E-state index >= 15 is 0 Å². The molecule has 1 unspecified atom stereocenters. The van der Waals surface area contributed by atoms with E-state index in [9.17, 15) is 24.0 Å². The second-order valence-corrected chi connectivity index (χ2v) is 9.13. The molecular weight excluding hydrogens is 440 g/mol. The van der Waals surface area contributed by atoms with Gasteiger partial charge in [-0.3, -0.25) is 24.0 Å². The van der Waals surface area contributed by atoms with Gasteiger partial charge in [-0.2, -0.15) is 0 Å². The molecule has 2 fully saturated rings. The molecule has 0 aromatic rings. The minimum Gasteiger partial charge on any atom is -0.368 e. The Balaban J connectivity index is 2.08. The molecule has 0 bridgehead atoms. The molecule has 0 aliphatic carbocycles. The van der Waals surface area contributed by atoms with Crippen LogP contribution in [-0.2, 0) is 28.7 Å². The fourth-order valence-electron chi connectivity index (χ4n) is 4.26. The summed E-state index contributed by atoms with van der Waals surface area (Å²) < 4.78 is 5.42. The first-order chi connectivity index (χ1) is 16.2. The predicted octanol–water partition coefficient (Wildman–Crippen LogP) is 0.453. The van der Waals surface area contributed by atoms with Gasteiger partial charge in [0, 0.05) is 19.7 Å². The van der Waals surface area contributed by atoms with Gasteiger partial charge in [-0.15, -0.1) is 6.58 Å². The number of carbonyl (C=O) groups excluding carboxylic acids is 5. The molecule has 4 amide bonds. The Morgan fingerprint density at radius 2 is 1.82 bits per heavy atom. The summed E-state index contributed by atoms with van der Waals surface area (Å²) in [6.07, 6.45) is 4.28. The molecule has 0 radical (unpaired) electrons. The van der Waals surface area contributed by atoms with Crippen molar-refractivity contribution in [3.8, 4) is 0 Å². The molecule has 0 aromatic carbocycles. The smallest absolute Gasteiger partial charge is 0.289 e. The summed E-state index contributed by atoms with van der Waals surface area (Å²) in [6, 6.07) is -2.53. The summed E-state index contributed by atoms with van der Waals surface area (Å²) in [7, 11) is 0. The Bertz CT molecular complexity index is 777. The molecule has 10 nitrogen and oxygen atoms in total. The number of nitrogens with one attached hydrogen (secondary N) is 3. The van der Waals surface area contributed by atoms with E-state index in [1.807, 2.05) is 20.8 Å². The van der Waals surface area contributed by atoms with Gasteiger partial charge in [-0.25, -0.2) is 0 Å². The van der Waals surface area contributed by atoms with E-state index in [0.717, 1.165) is 6.42 Å². The molecule has 2 rings (SSSR count). The standard InChI is InChI=1S/C24H38N4O6/c1-5-9-16(20(29)23(32)25-12-6-2)26-21(30)17-10-7-13-28(17)24(33)19(15(3)4)27-22(31)18-11-8-14-34-18/h6,15-19H,2,5,7-14H2,1,3-4H3,(H,25,32)(H,26,30)(H,27,31)/t16-,17-,18?,19-/m0/s1. The van der Waals surface area contributed by atoms with Gasteiger partial charge < -0.3 is 25.6 Å². The maximum atomic E-state index is 13.4. The third kappa shape index (κ3) is 7.12. The number of likely N-dealkylation sites (tertiary alicyclic amines) is 1. The van der Waals surface area contributed by atoms with Crippen molar-refractivity contribution in [2.75, 3.05) is 19.7 Å². The molecule has 190 valence electrons. The average Bonchev–Trinajstić information content (AvgIpc) is 3.51. The lowest BCUT2D eigenvalue weighted by Crippen LogP contribution is -2.58. The summed E-state index contributed by atoms with van der Waals surface area (Å²) in [5.74, 6) is -2.82. The summed E-state index contributed by atoms with van der Waals surface area (Å²) in [5, 5.41) is 7.92. The Kier molecular flexibility index (Phi) is 10.7. The lowest BCUT2D eigenvalue weighted by atomic mass is 10.0. The van der Waals surface area contributed by atoms with E-state index in [-0.39, 0.29) is 24.3 Å². The molecule has 4 atom stereocenters. The lowest BCUT2D eigenvalue weighted by molar-refractivity contribution is -0.145. The van der Waals surface area contributed by atoms with Gasteiger partial charge in [0.2, 0.25) is 23.5 Å². The SMILES string of the molecule is C=CCNC(=O)C(=O)[C@H](CCC)NC(=O)[C@@H]1CCCN1C(=O)[C@@H](NC(=O)C1CCCO1)C(C)C. The zero-order valence-corrected chi connectivity index (χ0v) is 20.4. The van der Waals surface area contributed by atoms with Crippen molar-refractivity contribution >= 4 is 29.4 Å². The average molecular weight is 479 g/mol. The van der Waals surface area contributed by atoms with Crippen molar-refractivity contribution in [1.82, 2.24) is 20.9 Å². The summed E-state index contributed by atoms with van der Waals surface area (Å²) in [4.78, 5) is 65.1. The van der Waals surface area contributed by atoms with Crippen LogP contribution in [0.5, 0.6) is 0 Å². The molecule has 2 aliphatic heterocycles. The maximum absolute atomic E-state index is 13.4. The van der Waals surface area contributed by atoms with Gasteiger partial charge >= 0.3 is 0 Å². The number of amides is 4. The third-order valence-corrected chi connectivity index (χ3v) is 6.13. The second-order valence-electron chi connectivity index (χ2n) is 9.13. The number of rotatable bonds is 12. The zero-order valence-electron chi connectivity index (χ0n) is 20.4. The predicted molar refractivity (Wildman–Crippen MR) is 126 cm³/mol. The van der Waals surface area contributed by atoms with Crippen LogP contribution in [0.4, 0.5) is 0 Å². The van der Waals surface area contributed by atoms with Crippen molar-refractivity contribution in [3.05, 3.63) is 12.7 Å². The normalized spacial score (nSPS) is 21.6. The topological polar surface area (TPSA) is 134 Å². The molecule has 0 spiro atoms.